The molecular weight excluding hydrogens is 404 g/mol. The molecule has 0 spiro atoms. The van der Waals surface area contributed by atoms with Crippen molar-refractivity contribution in [2.24, 2.45) is 5.92 Å². The van der Waals surface area contributed by atoms with Crippen molar-refractivity contribution in [3.05, 3.63) is 66.7 Å². The van der Waals surface area contributed by atoms with Crippen molar-refractivity contribution in [1.29, 1.82) is 0 Å². The third-order valence-electron chi connectivity index (χ3n) is 4.88. The van der Waals surface area contributed by atoms with Crippen LogP contribution in [0.3, 0.4) is 0 Å². The number of nitrogens with one attached hydrogen (secondary N) is 1. The van der Waals surface area contributed by atoms with E-state index >= 15 is 0 Å². The van der Waals surface area contributed by atoms with Gasteiger partial charge in [0.15, 0.2) is 0 Å². The summed E-state index contributed by atoms with van der Waals surface area (Å²) >= 11 is 0. The molecular formula is C25H30N4O3. The molecule has 3 aromatic rings. The van der Waals surface area contributed by atoms with Crippen molar-refractivity contribution in [3.63, 3.8) is 0 Å². The lowest BCUT2D eigenvalue weighted by molar-refractivity contribution is -0.136. The van der Waals surface area contributed by atoms with Gasteiger partial charge in [-0.2, -0.15) is 5.10 Å². The molecule has 0 aliphatic rings. The first-order chi connectivity index (χ1) is 15.5. The number of para-hydroxylation sites is 1. The van der Waals surface area contributed by atoms with Gasteiger partial charge >= 0.3 is 0 Å². The first-order valence-electron chi connectivity index (χ1n) is 10.8. The van der Waals surface area contributed by atoms with Crippen LogP contribution in [0.4, 0.5) is 5.82 Å². The number of aromatic nitrogens is 2. The SMILES string of the molecule is COCCN(CC(=O)Nc1cc(-c2ccccc2)nn1-c1ccccc1)C(=O)CC(C)C. The van der Waals surface area contributed by atoms with E-state index in [1.54, 1.807) is 16.7 Å². The number of carbonyl (C=O) groups is 2. The summed E-state index contributed by atoms with van der Waals surface area (Å²) in [4.78, 5) is 27.1. The molecule has 0 aliphatic carbocycles. The molecule has 0 bridgehead atoms. The van der Waals surface area contributed by atoms with Crippen LogP contribution < -0.4 is 5.32 Å². The number of benzene rings is 2. The maximum atomic E-state index is 12.9. The molecule has 1 N–H and O–H groups in total. The molecule has 168 valence electrons. The predicted molar refractivity (Wildman–Crippen MR) is 126 cm³/mol. The number of hydrogen-bond acceptors (Lipinski definition) is 4. The fourth-order valence-electron chi connectivity index (χ4n) is 3.31. The number of methoxy groups -OCH3 is 1. The molecule has 0 saturated carbocycles. The largest absolute Gasteiger partial charge is 0.383 e. The number of anilines is 1. The summed E-state index contributed by atoms with van der Waals surface area (Å²) < 4.78 is 6.82. The van der Waals surface area contributed by atoms with Crippen LogP contribution in [0.1, 0.15) is 20.3 Å². The van der Waals surface area contributed by atoms with Crippen LogP contribution in [-0.2, 0) is 14.3 Å². The Balaban J connectivity index is 1.83. The van der Waals surface area contributed by atoms with Crippen molar-refractivity contribution in [2.75, 3.05) is 32.1 Å². The minimum Gasteiger partial charge on any atom is -0.383 e. The summed E-state index contributed by atoms with van der Waals surface area (Å²) in [7, 11) is 1.58. The molecule has 3 rings (SSSR count). The molecule has 0 unspecified atom stereocenters. The van der Waals surface area contributed by atoms with Gasteiger partial charge in [0.1, 0.15) is 5.82 Å². The molecule has 0 fully saturated rings. The number of rotatable bonds is 10. The van der Waals surface area contributed by atoms with Crippen LogP contribution >= 0.6 is 0 Å². The zero-order valence-electron chi connectivity index (χ0n) is 18.8. The molecule has 32 heavy (non-hydrogen) atoms. The molecule has 1 heterocycles. The fourth-order valence-corrected chi connectivity index (χ4v) is 3.31. The van der Waals surface area contributed by atoms with Crippen LogP contribution in [0.15, 0.2) is 66.7 Å². The van der Waals surface area contributed by atoms with E-state index < -0.39 is 0 Å². The van der Waals surface area contributed by atoms with Crippen LogP contribution in [0.2, 0.25) is 0 Å². The molecule has 2 amide bonds. The summed E-state index contributed by atoms with van der Waals surface area (Å²) in [6, 6.07) is 21.2. The number of hydrogen-bond donors (Lipinski definition) is 1. The normalized spacial score (nSPS) is 10.9. The van der Waals surface area contributed by atoms with Gasteiger partial charge in [0.2, 0.25) is 11.8 Å². The Kier molecular flexibility index (Phi) is 8.16. The standard InChI is InChI=1S/C25H30N4O3/c1-19(2)16-25(31)28(14-15-32-3)18-24(30)26-23-17-22(20-10-6-4-7-11-20)27-29(23)21-12-8-5-9-13-21/h4-13,17,19H,14-16,18H2,1-3H3,(H,26,30). The highest BCUT2D eigenvalue weighted by atomic mass is 16.5. The highest BCUT2D eigenvalue weighted by molar-refractivity contribution is 5.94. The minimum atomic E-state index is -0.282. The second kappa shape index (κ2) is 11.2. The molecule has 7 nitrogen and oxygen atoms in total. The van der Waals surface area contributed by atoms with Gasteiger partial charge in [0.25, 0.3) is 0 Å². The second-order valence-corrected chi connectivity index (χ2v) is 7.98. The Hall–Kier alpha value is -3.45. The van der Waals surface area contributed by atoms with Crippen LogP contribution in [-0.4, -0.2) is 53.3 Å². The maximum Gasteiger partial charge on any atom is 0.245 e. The van der Waals surface area contributed by atoms with Gasteiger partial charge in [0.05, 0.1) is 24.5 Å². The number of carbonyl (C=O) groups excluding carboxylic acids is 2. The van der Waals surface area contributed by atoms with Crippen molar-refractivity contribution in [3.8, 4) is 16.9 Å². The van der Waals surface area contributed by atoms with Gasteiger partial charge < -0.3 is 15.0 Å². The van der Waals surface area contributed by atoms with E-state index in [9.17, 15) is 9.59 Å². The summed E-state index contributed by atoms with van der Waals surface area (Å²) in [5, 5.41) is 7.65. The molecule has 0 aliphatic heterocycles. The van der Waals surface area contributed by atoms with Gasteiger partial charge in [-0.15, -0.1) is 0 Å². The molecule has 0 atom stereocenters. The van der Waals surface area contributed by atoms with E-state index in [1.165, 1.54) is 0 Å². The lowest BCUT2D eigenvalue weighted by Crippen LogP contribution is -2.40. The van der Waals surface area contributed by atoms with Gasteiger partial charge in [-0.25, -0.2) is 4.68 Å². The van der Waals surface area contributed by atoms with Crippen LogP contribution in [0.5, 0.6) is 0 Å². The molecule has 7 heteroatoms. The molecule has 0 radical (unpaired) electrons. The molecule has 2 aromatic carbocycles. The number of amides is 2. The van der Waals surface area contributed by atoms with Gasteiger partial charge in [-0.3, -0.25) is 9.59 Å². The maximum absolute atomic E-state index is 12.9. The number of nitrogens with zero attached hydrogens (tertiary/aromatic N) is 3. The molecule has 0 saturated heterocycles. The van der Waals surface area contributed by atoms with E-state index in [-0.39, 0.29) is 24.3 Å². The Morgan fingerprint density at radius 3 is 2.34 bits per heavy atom. The van der Waals surface area contributed by atoms with Crippen molar-refractivity contribution in [1.82, 2.24) is 14.7 Å². The summed E-state index contributed by atoms with van der Waals surface area (Å²) in [6.07, 6.45) is 0.386. The average Bonchev–Trinajstić information content (AvgIpc) is 3.21. The summed E-state index contributed by atoms with van der Waals surface area (Å²) in [6.45, 7) is 4.65. The van der Waals surface area contributed by atoms with Crippen LogP contribution in [0, 0.1) is 5.92 Å². The van der Waals surface area contributed by atoms with Crippen molar-refractivity contribution < 1.29 is 14.3 Å². The summed E-state index contributed by atoms with van der Waals surface area (Å²) in [5.41, 5.74) is 2.53. The van der Waals surface area contributed by atoms with Crippen LogP contribution in [0.25, 0.3) is 16.9 Å². The van der Waals surface area contributed by atoms with Gasteiger partial charge in [0, 0.05) is 31.7 Å². The zero-order chi connectivity index (χ0) is 22.9. The quantitative estimate of drug-likeness (QED) is 0.523. The Bertz CT molecular complexity index is 1020. The minimum absolute atomic E-state index is 0.0461. The summed E-state index contributed by atoms with van der Waals surface area (Å²) in [5.74, 6) is 0.412. The average molecular weight is 435 g/mol. The predicted octanol–water partition coefficient (Wildman–Crippen LogP) is 4.00. The first-order valence-corrected chi connectivity index (χ1v) is 10.8. The lowest BCUT2D eigenvalue weighted by Gasteiger charge is -2.23. The van der Waals surface area contributed by atoms with Crippen molar-refractivity contribution in [2.45, 2.75) is 20.3 Å². The number of ether oxygens (including phenoxy) is 1. The van der Waals surface area contributed by atoms with E-state index in [2.05, 4.69) is 5.32 Å². The zero-order valence-corrected chi connectivity index (χ0v) is 18.8. The van der Waals surface area contributed by atoms with Gasteiger partial charge in [-0.1, -0.05) is 62.4 Å². The Morgan fingerprint density at radius 2 is 1.72 bits per heavy atom. The highest BCUT2D eigenvalue weighted by Crippen LogP contribution is 2.24. The smallest absolute Gasteiger partial charge is 0.245 e. The fraction of sp³-hybridized carbons (Fsp3) is 0.320. The van der Waals surface area contributed by atoms with E-state index in [1.807, 2.05) is 80.6 Å². The molecule has 1 aromatic heterocycles. The van der Waals surface area contributed by atoms with Crippen molar-refractivity contribution >= 4 is 17.6 Å². The van der Waals surface area contributed by atoms with E-state index in [0.717, 1.165) is 16.9 Å². The lowest BCUT2D eigenvalue weighted by atomic mass is 10.1. The Morgan fingerprint density at radius 1 is 1.06 bits per heavy atom. The van der Waals surface area contributed by atoms with E-state index in [4.69, 9.17) is 9.84 Å². The Labute approximate surface area is 189 Å². The first kappa shape index (κ1) is 23.2. The topological polar surface area (TPSA) is 76.5 Å². The monoisotopic (exact) mass is 434 g/mol. The third-order valence-corrected chi connectivity index (χ3v) is 4.88. The van der Waals surface area contributed by atoms with Gasteiger partial charge in [-0.05, 0) is 18.1 Å². The van der Waals surface area contributed by atoms with E-state index in [0.29, 0.717) is 25.4 Å². The second-order valence-electron chi connectivity index (χ2n) is 7.98. The third kappa shape index (κ3) is 6.28. The highest BCUT2D eigenvalue weighted by Gasteiger charge is 2.20.